The van der Waals surface area contributed by atoms with E-state index in [1.165, 1.54) is 12.1 Å². The van der Waals surface area contributed by atoms with E-state index >= 15 is 0 Å². The summed E-state index contributed by atoms with van der Waals surface area (Å²) in [5, 5.41) is 24.2. The molecule has 0 saturated carbocycles. The second-order valence-corrected chi connectivity index (χ2v) is 4.21. The monoisotopic (exact) mass is 309 g/mol. The molecular formula is C11H8ClN5O4. The van der Waals surface area contributed by atoms with E-state index in [1.54, 1.807) is 12.1 Å². The SMILES string of the molecule is O=[N+]([O-])c1ccccc1CNc1nc(Cl)ncc1[N+](=O)[O-]. The number of anilines is 1. The summed E-state index contributed by atoms with van der Waals surface area (Å²) in [5.74, 6) is -0.0989. The zero-order chi connectivity index (χ0) is 15.4. The molecule has 0 unspecified atom stereocenters. The van der Waals surface area contributed by atoms with Gasteiger partial charge >= 0.3 is 5.69 Å². The van der Waals surface area contributed by atoms with Crippen molar-refractivity contribution < 1.29 is 9.85 Å². The van der Waals surface area contributed by atoms with Crippen molar-refractivity contribution in [3.63, 3.8) is 0 Å². The lowest BCUT2D eigenvalue weighted by molar-refractivity contribution is -0.385. The van der Waals surface area contributed by atoms with Crippen LogP contribution in [0.1, 0.15) is 5.56 Å². The van der Waals surface area contributed by atoms with E-state index in [4.69, 9.17) is 11.6 Å². The minimum atomic E-state index is -0.669. The summed E-state index contributed by atoms with van der Waals surface area (Å²) in [6.07, 6.45) is 0.969. The Kier molecular flexibility index (Phi) is 4.24. The van der Waals surface area contributed by atoms with Crippen molar-refractivity contribution in [1.82, 2.24) is 9.97 Å². The first-order valence-corrected chi connectivity index (χ1v) is 6.00. The second kappa shape index (κ2) is 6.09. The minimum Gasteiger partial charge on any atom is -0.360 e. The van der Waals surface area contributed by atoms with Crippen LogP contribution in [-0.2, 0) is 6.54 Å². The Labute approximate surface area is 122 Å². The molecule has 0 aliphatic heterocycles. The van der Waals surface area contributed by atoms with Crippen molar-refractivity contribution in [3.05, 3.63) is 61.5 Å². The summed E-state index contributed by atoms with van der Waals surface area (Å²) >= 11 is 5.59. The van der Waals surface area contributed by atoms with Gasteiger partial charge in [0.05, 0.1) is 9.85 Å². The molecule has 108 valence electrons. The van der Waals surface area contributed by atoms with Gasteiger partial charge in [-0.1, -0.05) is 18.2 Å². The van der Waals surface area contributed by atoms with Crippen molar-refractivity contribution in [2.24, 2.45) is 0 Å². The van der Waals surface area contributed by atoms with Crippen molar-refractivity contribution in [1.29, 1.82) is 0 Å². The van der Waals surface area contributed by atoms with E-state index in [2.05, 4.69) is 15.3 Å². The highest BCUT2D eigenvalue weighted by atomic mass is 35.5. The van der Waals surface area contributed by atoms with Crippen LogP contribution in [-0.4, -0.2) is 19.8 Å². The summed E-state index contributed by atoms with van der Waals surface area (Å²) in [4.78, 5) is 27.8. The van der Waals surface area contributed by atoms with Crippen LogP contribution < -0.4 is 5.32 Å². The fourth-order valence-electron chi connectivity index (χ4n) is 1.64. The normalized spacial score (nSPS) is 10.1. The second-order valence-electron chi connectivity index (χ2n) is 3.87. The van der Waals surface area contributed by atoms with Crippen molar-refractivity contribution in [3.8, 4) is 0 Å². The van der Waals surface area contributed by atoms with Gasteiger partial charge in [-0.3, -0.25) is 20.2 Å². The molecule has 0 spiro atoms. The van der Waals surface area contributed by atoms with Crippen LogP contribution in [0.2, 0.25) is 5.28 Å². The number of nitrogens with zero attached hydrogens (tertiary/aromatic N) is 4. The van der Waals surface area contributed by atoms with Crippen molar-refractivity contribution in [2.75, 3.05) is 5.32 Å². The van der Waals surface area contributed by atoms with Gasteiger partial charge in [-0.05, 0) is 11.6 Å². The molecule has 0 saturated heterocycles. The van der Waals surface area contributed by atoms with Crippen LogP contribution in [0, 0.1) is 20.2 Å². The number of nitrogens with one attached hydrogen (secondary N) is 1. The number of rotatable bonds is 5. The summed E-state index contributed by atoms with van der Waals surface area (Å²) in [7, 11) is 0. The predicted octanol–water partition coefficient (Wildman–Crippen LogP) is 2.56. The molecule has 0 aliphatic carbocycles. The van der Waals surface area contributed by atoms with Gasteiger partial charge in [0.25, 0.3) is 5.69 Å². The van der Waals surface area contributed by atoms with E-state index in [0.29, 0.717) is 5.56 Å². The average Bonchev–Trinajstić information content (AvgIpc) is 2.45. The van der Waals surface area contributed by atoms with Gasteiger partial charge in [0, 0.05) is 18.2 Å². The molecule has 9 nitrogen and oxygen atoms in total. The van der Waals surface area contributed by atoms with Crippen molar-refractivity contribution in [2.45, 2.75) is 6.54 Å². The van der Waals surface area contributed by atoms with E-state index < -0.39 is 9.85 Å². The van der Waals surface area contributed by atoms with Crippen LogP contribution in [0.15, 0.2) is 30.5 Å². The zero-order valence-electron chi connectivity index (χ0n) is 10.4. The van der Waals surface area contributed by atoms with E-state index in [1.807, 2.05) is 0 Å². The van der Waals surface area contributed by atoms with Gasteiger partial charge in [-0.15, -0.1) is 0 Å². The van der Waals surface area contributed by atoms with Crippen LogP contribution in [0.4, 0.5) is 17.2 Å². The molecule has 0 fully saturated rings. The van der Waals surface area contributed by atoms with E-state index in [9.17, 15) is 20.2 Å². The lowest BCUT2D eigenvalue weighted by Crippen LogP contribution is -2.07. The number of nitro groups is 2. The van der Waals surface area contributed by atoms with E-state index in [0.717, 1.165) is 6.20 Å². The molecule has 2 aromatic rings. The van der Waals surface area contributed by atoms with Crippen LogP contribution >= 0.6 is 11.6 Å². The Morgan fingerprint density at radius 2 is 1.81 bits per heavy atom. The standard InChI is InChI=1S/C11H8ClN5O4/c12-11-14-6-9(17(20)21)10(15-11)13-5-7-3-1-2-4-8(7)16(18)19/h1-4,6H,5H2,(H,13,14,15). The highest BCUT2D eigenvalue weighted by molar-refractivity contribution is 6.28. The topological polar surface area (TPSA) is 124 Å². The first kappa shape index (κ1) is 14.6. The Bertz CT molecular complexity index is 709. The van der Waals surface area contributed by atoms with Gasteiger partial charge < -0.3 is 5.32 Å². The fourth-order valence-corrected chi connectivity index (χ4v) is 1.77. The number of nitro benzene ring substituents is 1. The maximum Gasteiger partial charge on any atom is 0.329 e. The molecule has 0 bridgehead atoms. The molecule has 2 rings (SSSR count). The molecule has 21 heavy (non-hydrogen) atoms. The zero-order valence-corrected chi connectivity index (χ0v) is 11.1. The first-order valence-electron chi connectivity index (χ1n) is 5.62. The molecule has 1 aromatic carbocycles. The summed E-state index contributed by atoms with van der Waals surface area (Å²) in [5.41, 5.74) is -0.0858. The molecule has 0 amide bonds. The lowest BCUT2D eigenvalue weighted by Gasteiger charge is -2.06. The number of aromatic nitrogens is 2. The van der Waals surface area contributed by atoms with Crippen LogP contribution in [0.25, 0.3) is 0 Å². The number of halogens is 1. The van der Waals surface area contributed by atoms with Gasteiger partial charge in [-0.25, -0.2) is 4.98 Å². The predicted molar refractivity (Wildman–Crippen MR) is 74.1 cm³/mol. The van der Waals surface area contributed by atoms with Gasteiger partial charge in [-0.2, -0.15) is 4.98 Å². The number of hydrogen-bond donors (Lipinski definition) is 1. The van der Waals surface area contributed by atoms with Gasteiger partial charge in [0.2, 0.25) is 11.1 Å². The third-order valence-corrected chi connectivity index (χ3v) is 2.75. The van der Waals surface area contributed by atoms with Crippen LogP contribution in [0.5, 0.6) is 0 Å². The summed E-state index contributed by atoms with van der Waals surface area (Å²) < 4.78 is 0. The smallest absolute Gasteiger partial charge is 0.329 e. The fraction of sp³-hybridized carbons (Fsp3) is 0.0909. The molecule has 10 heteroatoms. The molecule has 1 aromatic heterocycles. The average molecular weight is 310 g/mol. The van der Waals surface area contributed by atoms with E-state index in [-0.39, 0.29) is 29.0 Å². The molecule has 0 aliphatic rings. The first-order chi connectivity index (χ1) is 9.99. The Morgan fingerprint density at radius 1 is 1.14 bits per heavy atom. The van der Waals surface area contributed by atoms with Gasteiger partial charge in [0.15, 0.2) is 0 Å². The largest absolute Gasteiger partial charge is 0.360 e. The molecule has 0 atom stereocenters. The lowest BCUT2D eigenvalue weighted by atomic mass is 10.2. The van der Waals surface area contributed by atoms with Crippen molar-refractivity contribution >= 4 is 28.8 Å². The highest BCUT2D eigenvalue weighted by Crippen LogP contribution is 2.24. The molecule has 1 N–H and O–H groups in total. The Balaban J connectivity index is 2.27. The number of para-hydroxylation sites is 1. The number of hydrogen-bond acceptors (Lipinski definition) is 7. The minimum absolute atomic E-state index is 0.00860. The summed E-state index contributed by atoms with van der Waals surface area (Å²) in [6, 6.07) is 6.05. The number of benzene rings is 1. The highest BCUT2D eigenvalue weighted by Gasteiger charge is 2.18. The Hall–Kier alpha value is -2.81. The van der Waals surface area contributed by atoms with Crippen LogP contribution in [0.3, 0.4) is 0 Å². The molecule has 1 heterocycles. The third-order valence-electron chi connectivity index (χ3n) is 2.57. The molecular weight excluding hydrogens is 302 g/mol. The van der Waals surface area contributed by atoms with Gasteiger partial charge in [0.1, 0.15) is 6.20 Å². The maximum absolute atomic E-state index is 10.9. The Morgan fingerprint density at radius 3 is 2.48 bits per heavy atom. The third kappa shape index (κ3) is 3.39. The summed E-state index contributed by atoms with van der Waals surface area (Å²) in [6.45, 7) is -0.00860. The maximum atomic E-state index is 10.9. The quantitative estimate of drug-likeness (QED) is 0.511. The molecule has 0 radical (unpaired) electrons.